The van der Waals surface area contributed by atoms with Crippen LogP contribution in [0.25, 0.3) is 0 Å². The maximum absolute atomic E-state index is 12.1. The fourth-order valence-electron chi connectivity index (χ4n) is 3.19. The molecule has 0 aromatic carbocycles. The first-order valence-electron chi connectivity index (χ1n) is 7.62. The third-order valence-corrected chi connectivity index (χ3v) is 4.12. The van der Waals surface area contributed by atoms with E-state index in [0.717, 1.165) is 50.5 Å². The summed E-state index contributed by atoms with van der Waals surface area (Å²) in [6.45, 7) is 6.62. The Morgan fingerprint density at radius 2 is 2.15 bits per heavy atom. The van der Waals surface area contributed by atoms with E-state index in [4.69, 9.17) is 0 Å². The standard InChI is InChI=1S/C14H23N5O/c1-10(2)15-14(20)18-7-3-5-11(9-18)13-17-16-12-6-4-8-19(12)13/h10-11H,3-9H2,1-2H3,(H,15,20)/t11-/m1/s1. The predicted molar refractivity (Wildman–Crippen MR) is 75.6 cm³/mol. The Balaban J connectivity index is 1.70. The highest BCUT2D eigenvalue weighted by atomic mass is 16.2. The van der Waals surface area contributed by atoms with Crippen LogP contribution in [0.3, 0.4) is 0 Å². The van der Waals surface area contributed by atoms with E-state index in [2.05, 4.69) is 20.1 Å². The van der Waals surface area contributed by atoms with Gasteiger partial charge in [0.25, 0.3) is 0 Å². The number of nitrogens with zero attached hydrogens (tertiary/aromatic N) is 4. The number of aryl methyl sites for hydroxylation is 1. The van der Waals surface area contributed by atoms with Gasteiger partial charge in [-0.25, -0.2) is 4.79 Å². The van der Waals surface area contributed by atoms with Crippen LogP contribution in [0.2, 0.25) is 0 Å². The molecule has 6 heteroatoms. The van der Waals surface area contributed by atoms with Crippen LogP contribution in [-0.2, 0) is 13.0 Å². The average molecular weight is 277 g/mol. The molecule has 6 nitrogen and oxygen atoms in total. The van der Waals surface area contributed by atoms with Gasteiger partial charge in [0.2, 0.25) is 0 Å². The maximum atomic E-state index is 12.1. The van der Waals surface area contributed by atoms with Crippen LogP contribution in [0.15, 0.2) is 0 Å². The molecule has 1 aromatic rings. The minimum absolute atomic E-state index is 0.0471. The minimum Gasteiger partial charge on any atom is -0.336 e. The smallest absolute Gasteiger partial charge is 0.317 e. The van der Waals surface area contributed by atoms with Crippen molar-refractivity contribution >= 4 is 6.03 Å². The molecule has 0 saturated carbocycles. The molecule has 1 fully saturated rings. The number of hydrogen-bond acceptors (Lipinski definition) is 3. The molecule has 20 heavy (non-hydrogen) atoms. The van der Waals surface area contributed by atoms with Crippen LogP contribution in [0.4, 0.5) is 4.79 Å². The summed E-state index contributed by atoms with van der Waals surface area (Å²) in [4.78, 5) is 14.1. The van der Waals surface area contributed by atoms with Gasteiger partial charge in [0, 0.05) is 38.0 Å². The van der Waals surface area contributed by atoms with E-state index >= 15 is 0 Å². The molecule has 1 atom stereocenters. The van der Waals surface area contributed by atoms with E-state index in [9.17, 15) is 4.79 Å². The van der Waals surface area contributed by atoms with Crippen LogP contribution in [0.5, 0.6) is 0 Å². The SMILES string of the molecule is CC(C)NC(=O)N1CCC[C@@H](c2nnc3n2CCC3)C1. The molecule has 1 N–H and O–H groups in total. The highest BCUT2D eigenvalue weighted by Gasteiger charge is 2.30. The number of rotatable bonds is 2. The van der Waals surface area contributed by atoms with Crippen molar-refractivity contribution in [3.05, 3.63) is 11.6 Å². The first-order valence-corrected chi connectivity index (χ1v) is 7.62. The van der Waals surface area contributed by atoms with Crippen LogP contribution >= 0.6 is 0 Å². The first kappa shape index (κ1) is 13.4. The number of piperidine rings is 1. The molecule has 0 bridgehead atoms. The largest absolute Gasteiger partial charge is 0.336 e. The molecule has 0 unspecified atom stereocenters. The Labute approximate surface area is 119 Å². The molecule has 1 saturated heterocycles. The first-order chi connectivity index (χ1) is 9.65. The molecule has 0 radical (unpaired) electrons. The lowest BCUT2D eigenvalue weighted by Crippen LogP contribution is -2.47. The number of fused-ring (bicyclic) bond motifs is 1. The van der Waals surface area contributed by atoms with Gasteiger partial charge >= 0.3 is 6.03 Å². The Morgan fingerprint density at radius 3 is 2.95 bits per heavy atom. The van der Waals surface area contributed by atoms with Crippen molar-refractivity contribution in [1.82, 2.24) is 25.0 Å². The van der Waals surface area contributed by atoms with Gasteiger partial charge in [0.05, 0.1) is 0 Å². The van der Waals surface area contributed by atoms with Crippen LogP contribution in [-0.4, -0.2) is 44.8 Å². The Morgan fingerprint density at radius 1 is 1.30 bits per heavy atom. The molecule has 0 aliphatic carbocycles. The molecular formula is C14H23N5O. The highest BCUT2D eigenvalue weighted by Crippen LogP contribution is 2.28. The van der Waals surface area contributed by atoms with E-state index in [-0.39, 0.29) is 12.1 Å². The third-order valence-electron chi connectivity index (χ3n) is 4.12. The number of amides is 2. The second-order valence-corrected chi connectivity index (χ2v) is 6.12. The van der Waals surface area contributed by atoms with Crippen molar-refractivity contribution in [2.45, 2.75) is 58.0 Å². The van der Waals surface area contributed by atoms with E-state index in [1.807, 2.05) is 18.7 Å². The summed E-state index contributed by atoms with van der Waals surface area (Å²) in [5.74, 6) is 2.53. The molecule has 2 aliphatic heterocycles. The van der Waals surface area contributed by atoms with Gasteiger partial charge in [-0.2, -0.15) is 0 Å². The molecule has 2 aliphatic rings. The number of carbonyl (C=O) groups excluding carboxylic acids is 1. The lowest BCUT2D eigenvalue weighted by atomic mass is 9.97. The summed E-state index contributed by atoms with van der Waals surface area (Å²) >= 11 is 0. The van der Waals surface area contributed by atoms with Gasteiger partial charge in [-0.15, -0.1) is 10.2 Å². The number of urea groups is 1. The summed E-state index contributed by atoms with van der Waals surface area (Å²) in [5, 5.41) is 11.6. The Hall–Kier alpha value is -1.59. The summed E-state index contributed by atoms with van der Waals surface area (Å²) in [7, 11) is 0. The van der Waals surface area contributed by atoms with Crippen molar-refractivity contribution in [2.24, 2.45) is 0 Å². The normalized spacial score (nSPS) is 22.1. The molecule has 3 heterocycles. The summed E-state index contributed by atoms with van der Waals surface area (Å²) < 4.78 is 2.26. The zero-order chi connectivity index (χ0) is 14.1. The fourth-order valence-corrected chi connectivity index (χ4v) is 3.19. The maximum Gasteiger partial charge on any atom is 0.317 e. The minimum atomic E-state index is 0.0471. The molecule has 3 rings (SSSR count). The second-order valence-electron chi connectivity index (χ2n) is 6.12. The van der Waals surface area contributed by atoms with Gasteiger partial charge in [0.1, 0.15) is 11.6 Å². The van der Waals surface area contributed by atoms with E-state index in [0.29, 0.717) is 5.92 Å². The van der Waals surface area contributed by atoms with Crippen molar-refractivity contribution in [1.29, 1.82) is 0 Å². The van der Waals surface area contributed by atoms with Gasteiger partial charge in [-0.05, 0) is 33.1 Å². The average Bonchev–Trinajstić information content (AvgIpc) is 3.00. The van der Waals surface area contributed by atoms with Crippen molar-refractivity contribution < 1.29 is 4.79 Å². The zero-order valence-corrected chi connectivity index (χ0v) is 12.3. The summed E-state index contributed by atoms with van der Waals surface area (Å²) in [6.07, 6.45) is 4.35. The van der Waals surface area contributed by atoms with E-state index < -0.39 is 0 Å². The lowest BCUT2D eigenvalue weighted by Gasteiger charge is -2.32. The second kappa shape index (κ2) is 5.42. The van der Waals surface area contributed by atoms with Gasteiger partial charge in [-0.3, -0.25) is 0 Å². The predicted octanol–water partition coefficient (Wildman–Crippen LogP) is 1.52. The van der Waals surface area contributed by atoms with Crippen molar-refractivity contribution in [3.63, 3.8) is 0 Å². The van der Waals surface area contributed by atoms with Gasteiger partial charge in [0.15, 0.2) is 0 Å². The van der Waals surface area contributed by atoms with Crippen LogP contribution < -0.4 is 5.32 Å². The molecular weight excluding hydrogens is 254 g/mol. The van der Waals surface area contributed by atoms with Gasteiger partial charge in [-0.1, -0.05) is 0 Å². The number of likely N-dealkylation sites (tertiary alicyclic amines) is 1. The number of nitrogens with one attached hydrogen (secondary N) is 1. The fraction of sp³-hybridized carbons (Fsp3) is 0.786. The van der Waals surface area contributed by atoms with Crippen LogP contribution in [0.1, 0.15) is 50.7 Å². The number of aromatic nitrogens is 3. The third kappa shape index (κ3) is 2.51. The van der Waals surface area contributed by atoms with E-state index in [1.54, 1.807) is 0 Å². The monoisotopic (exact) mass is 277 g/mol. The molecule has 0 spiro atoms. The van der Waals surface area contributed by atoms with Crippen molar-refractivity contribution in [2.75, 3.05) is 13.1 Å². The summed E-state index contributed by atoms with van der Waals surface area (Å²) in [5.41, 5.74) is 0. The zero-order valence-electron chi connectivity index (χ0n) is 12.3. The molecule has 110 valence electrons. The molecule has 2 amide bonds. The lowest BCUT2D eigenvalue weighted by molar-refractivity contribution is 0.175. The van der Waals surface area contributed by atoms with E-state index in [1.165, 1.54) is 6.42 Å². The highest BCUT2D eigenvalue weighted by molar-refractivity contribution is 5.74. The number of hydrogen-bond donors (Lipinski definition) is 1. The van der Waals surface area contributed by atoms with Crippen molar-refractivity contribution in [3.8, 4) is 0 Å². The quantitative estimate of drug-likeness (QED) is 0.891. The summed E-state index contributed by atoms with van der Waals surface area (Å²) in [6, 6.07) is 0.228. The molecule has 1 aromatic heterocycles. The van der Waals surface area contributed by atoms with Crippen LogP contribution in [0, 0.1) is 0 Å². The Kier molecular flexibility index (Phi) is 3.63. The Bertz CT molecular complexity index is 496. The van der Waals surface area contributed by atoms with Gasteiger partial charge < -0.3 is 14.8 Å². The topological polar surface area (TPSA) is 63.1 Å². The number of carbonyl (C=O) groups is 1.